The summed E-state index contributed by atoms with van der Waals surface area (Å²) in [5.74, 6) is 2.23. The number of rotatable bonds is 8. The average Bonchev–Trinajstić information content (AvgIpc) is 3.09. The smallest absolute Gasteiger partial charge is 0.119 e. The van der Waals surface area contributed by atoms with E-state index in [-0.39, 0.29) is 6.61 Å². The molecule has 2 atom stereocenters. The maximum Gasteiger partial charge on any atom is 0.119 e. The second-order valence-electron chi connectivity index (χ2n) is 7.33. The van der Waals surface area contributed by atoms with Gasteiger partial charge in [-0.3, -0.25) is 0 Å². The molecule has 1 aliphatic carbocycles. The predicted molar refractivity (Wildman–Crippen MR) is 104 cm³/mol. The Morgan fingerprint density at radius 2 is 1.77 bits per heavy atom. The van der Waals surface area contributed by atoms with Gasteiger partial charge in [0.25, 0.3) is 0 Å². The maximum atomic E-state index is 9.41. The van der Waals surface area contributed by atoms with E-state index in [9.17, 15) is 5.11 Å². The summed E-state index contributed by atoms with van der Waals surface area (Å²) >= 11 is 0. The second kappa shape index (κ2) is 8.56. The molecular weight excluding hydrogens is 326 g/mol. The molecular formula is C22H29NO3. The Kier molecular flexibility index (Phi) is 6.17. The first kappa shape index (κ1) is 18.7. The third-order valence-electron chi connectivity index (χ3n) is 5.35. The lowest BCUT2D eigenvalue weighted by atomic mass is 9.94. The highest BCUT2D eigenvalue weighted by molar-refractivity contribution is 5.31. The van der Waals surface area contributed by atoms with Crippen LogP contribution in [0.4, 0.5) is 0 Å². The largest absolute Gasteiger partial charge is 0.497 e. The number of benzene rings is 2. The van der Waals surface area contributed by atoms with Gasteiger partial charge in [-0.1, -0.05) is 24.3 Å². The zero-order chi connectivity index (χ0) is 18.4. The minimum Gasteiger partial charge on any atom is -0.497 e. The fourth-order valence-corrected chi connectivity index (χ4v) is 3.68. The molecule has 0 unspecified atom stereocenters. The Morgan fingerprint density at radius 3 is 2.38 bits per heavy atom. The highest BCUT2D eigenvalue weighted by Crippen LogP contribution is 2.39. The molecule has 2 aromatic carbocycles. The number of aryl methyl sites for hydroxylation is 1. The van der Waals surface area contributed by atoms with Crippen molar-refractivity contribution in [1.82, 2.24) is 0 Å². The van der Waals surface area contributed by atoms with Crippen molar-refractivity contribution in [2.45, 2.75) is 43.6 Å². The minimum atomic E-state index is -0.401. The first-order valence-electron chi connectivity index (χ1n) is 9.37. The lowest BCUT2D eigenvalue weighted by Crippen LogP contribution is -2.40. The van der Waals surface area contributed by atoms with Crippen molar-refractivity contribution in [2.24, 2.45) is 5.73 Å². The summed E-state index contributed by atoms with van der Waals surface area (Å²) in [7, 11) is 1.68. The first-order chi connectivity index (χ1) is 12.6. The Hall–Kier alpha value is -2.04. The van der Waals surface area contributed by atoms with Crippen molar-refractivity contribution in [3.8, 4) is 11.5 Å². The molecule has 140 valence electrons. The SMILES string of the molecule is COc1ccc(CCCOc2ccc([C@@H]3CC[C@@](N)(CO)C3)cc2)cc1. The fourth-order valence-electron chi connectivity index (χ4n) is 3.68. The normalized spacial score (nSPS) is 22.3. The summed E-state index contributed by atoms with van der Waals surface area (Å²) in [5.41, 5.74) is 8.36. The van der Waals surface area contributed by atoms with Crippen molar-refractivity contribution in [1.29, 1.82) is 0 Å². The van der Waals surface area contributed by atoms with Gasteiger partial charge in [0.05, 0.1) is 20.3 Å². The molecule has 4 heteroatoms. The van der Waals surface area contributed by atoms with Crippen molar-refractivity contribution in [3.05, 3.63) is 59.7 Å². The van der Waals surface area contributed by atoms with E-state index in [2.05, 4.69) is 24.3 Å². The van der Waals surface area contributed by atoms with E-state index in [1.165, 1.54) is 11.1 Å². The third kappa shape index (κ3) is 4.77. The molecule has 1 saturated carbocycles. The Bertz CT molecular complexity index is 684. The minimum absolute atomic E-state index is 0.0683. The van der Waals surface area contributed by atoms with Crippen molar-refractivity contribution >= 4 is 0 Å². The van der Waals surface area contributed by atoms with Gasteiger partial charge in [-0.2, -0.15) is 0 Å². The van der Waals surface area contributed by atoms with Crippen LogP contribution in [0.1, 0.15) is 42.7 Å². The summed E-state index contributed by atoms with van der Waals surface area (Å²) in [4.78, 5) is 0. The maximum absolute atomic E-state index is 9.41. The van der Waals surface area contributed by atoms with Crippen molar-refractivity contribution < 1.29 is 14.6 Å². The molecule has 1 aliphatic rings. The number of aliphatic hydroxyl groups is 1. The van der Waals surface area contributed by atoms with Gasteiger partial charge in [0, 0.05) is 5.54 Å². The predicted octanol–water partition coefficient (Wildman–Crippen LogP) is 3.66. The molecule has 3 rings (SSSR count). The van der Waals surface area contributed by atoms with Gasteiger partial charge in [0.1, 0.15) is 11.5 Å². The Balaban J connectivity index is 1.43. The number of nitrogens with two attached hydrogens (primary N) is 1. The van der Waals surface area contributed by atoms with Gasteiger partial charge in [-0.05, 0) is 73.4 Å². The van der Waals surface area contributed by atoms with Gasteiger partial charge in [0.2, 0.25) is 0 Å². The fraction of sp³-hybridized carbons (Fsp3) is 0.455. The van der Waals surface area contributed by atoms with E-state index < -0.39 is 5.54 Å². The molecule has 0 amide bonds. The molecule has 0 radical (unpaired) electrons. The average molecular weight is 355 g/mol. The van der Waals surface area contributed by atoms with Crippen LogP contribution in [-0.4, -0.2) is 31.0 Å². The molecule has 4 nitrogen and oxygen atoms in total. The van der Waals surface area contributed by atoms with Gasteiger partial charge < -0.3 is 20.3 Å². The lowest BCUT2D eigenvalue weighted by molar-refractivity contribution is 0.198. The van der Waals surface area contributed by atoms with E-state index in [1.807, 2.05) is 24.3 Å². The van der Waals surface area contributed by atoms with Gasteiger partial charge in [-0.15, -0.1) is 0 Å². The van der Waals surface area contributed by atoms with E-state index in [1.54, 1.807) is 7.11 Å². The van der Waals surface area contributed by atoms with Crippen LogP contribution in [0.25, 0.3) is 0 Å². The van der Waals surface area contributed by atoms with Crippen molar-refractivity contribution in [3.63, 3.8) is 0 Å². The highest BCUT2D eigenvalue weighted by atomic mass is 16.5. The number of aliphatic hydroxyl groups excluding tert-OH is 1. The molecule has 0 saturated heterocycles. The topological polar surface area (TPSA) is 64.7 Å². The van der Waals surface area contributed by atoms with Gasteiger partial charge in [0.15, 0.2) is 0 Å². The van der Waals surface area contributed by atoms with E-state index in [0.29, 0.717) is 12.5 Å². The summed E-state index contributed by atoms with van der Waals surface area (Å²) in [6.07, 6.45) is 4.75. The quantitative estimate of drug-likeness (QED) is 0.709. The molecule has 3 N–H and O–H groups in total. The summed E-state index contributed by atoms with van der Waals surface area (Å²) < 4.78 is 11.0. The highest BCUT2D eigenvalue weighted by Gasteiger charge is 2.35. The van der Waals surface area contributed by atoms with E-state index in [0.717, 1.165) is 43.6 Å². The number of ether oxygens (including phenoxy) is 2. The van der Waals surface area contributed by atoms with Crippen LogP contribution < -0.4 is 15.2 Å². The monoisotopic (exact) mass is 355 g/mol. The molecule has 2 aromatic rings. The van der Waals surface area contributed by atoms with Crippen LogP contribution >= 0.6 is 0 Å². The van der Waals surface area contributed by atoms with Gasteiger partial charge in [-0.25, -0.2) is 0 Å². The summed E-state index contributed by atoms with van der Waals surface area (Å²) in [5, 5.41) is 9.41. The molecule has 0 aliphatic heterocycles. The van der Waals surface area contributed by atoms with E-state index in [4.69, 9.17) is 15.2 Å². The number of hydrogen-bond acceptors (Lipinski definition) is 4. The molecule has 1 fully saturated rings. The van der Waals surface area contributed by atoms with Crippen molar-refractivity contribution in [2.75, 3.05) is 20.3 Å². The summed E-state index contributed by atoms with van der Waals surface area (Å²) in [6, 6.07) is 16.5. The first-order valence-corrected chi connectivity index (χ1v) is 9.37. The van der Waals surface area contributed by atoms with Crippen LogP contribution in [0, 0.1) is 0 Å². The van der Waals surface area contributed by atoms with Crippen LogP contribution in [0.15, 0.2) is 48.5 Å². The molecule has 26 heavy (non-hydrogen) atoms. The van der Waals surface area contributed by atoms with Crippen LogP contribution in [0.2, 0.25) is 0 Å². The van der Waals surface area contributed by atoms with E-state index >= 15 is 0 Å². The molecule has 0 bridgehead atoms. The Morgan fingerprint density at radius 1 is 1.08 bits per heavy atom. The zero-order valence-corrected chi connectivity index (χ0v) is 15.5. The van der Waals surface area contributed by atoms with Gasteiger partial charge >= 0.3 is 0 Å². The third-order valence-corrected chi connectivity index (χ3v) is 5.35. The second-order valence-corrected chi connectivity index (χ2v) is 7.33. The standard InChI is InChI=1S/C22H29NO3/c1-25-20-8-4-17(5-9-20)3-2-14-26-21-10-6-18(7-11-21)19-12-13-22(23,15-19)16-24/h4-11,19,24H,2-3,12-16,23H2,1H3/t19-,22+/m1/s1. The number of methoxy groups -OCH3 is 1. The Labute approximate surface area is 155 Å². The molecule has 0 heterocycles. The van der Waals surface area contributed by atoms with Crippen LogP contribution in [-0.2, 0) is 6.42 Å². The number of hydrogen-bond donors (Lipinski definition) is 2. The van der Waals surface area contributed by atoms with Crippen LogP contribution in [0.3, 0.4) is 0 Å². The lowest BCUT2D eigenvalue weighted by Gasteiger charge is -2.21. The molecule has 0 aromatic heterocycles. The summed E-state index contributed by atoms with van der Waals surface area (Å²) in [6.45, 7) is 0.768. The molecule has 0 spiro atoms. The van der Waals surface area contributed by atoms with Crippen LogP contribution in [0.5, 0.6) is 11.5 Å². The zero-order valence-electron chi connectivity index (χ0n) is 15.5.